The Hall–Kier alpha value is -1.36. The van der Waals surface area contributed by atoms with Crippen molar-refractivity contribution in [2.24, 2.45) is 0 Å². The monoisotopic (exact) mass is 214 g/mol. The quantitative estimate of drug-likeness (QED) is 0.590. The number of carbonyl (C=O) groups is 1. The Morgan fingerprint density at radius 3 is 2.57 bits per heavy atom. The van der Waals surface area contributed by atoms with Crippen molar-refractivity contribution in [1.29, 1.82) is 0 Å². The van der Waals surface area contributed by atoms with Crippen molar-refractivity contribution in [1.82, 2.24) is 0 Å². The molecule has 0 aromatic heterocycles. The van der Waals surface area contributed by atoms with E-state index in [1.807, 2.05) is 0 Å². The van der Waals surface area contributed by atoms with Crippen LogP contribution in [-0.2, 0) is 21.2 Å². The van der Waals surface area contributed by atoms with Crippen LogP contribution < -0.4 is 0 Å². The summed E-state index contributed by atoms with van der Waals surface area (Å²) in [6.07, 6.45) is 0. The molecule has 0 fully saturated rings. The molecule has 0 saturated carbocycles. The zero-order valence-electron chi connectivity index (χ0n) is 7.60. The minimum atomic E-state index is -2.53. The first-order valence-corrected chi connectivity index (χ1v) is 5.29. The maximum absolute atomic E-state index is 11.2. The van der Waals surface area contributed by atoms with Crippen LogP contribution in [0.15, 0.2) is 24.3 Å². The van der Waals surface area contributed by atoms with Gasteiger partial charge in [-0.3, -0.25) is 0 Å². The van der Waals surface area contributed by atoms with Gasteiger partial charge in [-0.25, -0.2) is 13.2 Å². The number of esters is 1. The normalized spacial score (nSPS) is 10.1. The van der Waals surface area contributed by atoms with Gasteiger partial charge in [-0.05, 0) is 11.6 Å². The van der Waals surface area contributed by atoms with E-state index in [1.165, 1.54) is 7.11 Å². The Balaban J connectivity index is 3.08. The Bertz CT molecular complexity index is 401. The molecule has 0 aliphatic rings. The van der Waals surface area contributed by atoms with Crippen LogP contribution in [0.2, 0.25) is 0 Å². The molecule has 4 nitrogen and oxygen atoms in total. The van der Waals surface area contributed by atoms with E-state index in [0.717, 1.165) is 0 Å². The molecule has 0 heterocycles. The summed E-state index contributed by atoms with van der Waals surface area (Å²) in [6, 6.07) is 6.48. The van der Waals surface area contributed by atoms with Crippen LogP contribution in [-0.4, -0.2) is 21.5 Å². The molecule has 0 atom stereocenters. The lowest BCUT2D eigenvalue weighted by Crippen LogP contribution is -2.05. The number of benzene rings is 1. The van der Waals surface area contributed by atoms with E-state index in [-0.39, 0.29) is 5.75 Å². The zero-order valence-corrected chi connectivity index (χ0v) is 8.49. The van der Waals surface area contributed by atoms with Crippen molar-refractivity contribution in [2.75, 3.05) is 7.11 Å². The van der Waals surface area contributed by atoms with Crippen molar-refractivity contribution in [2.45, 2.75) is 5.75 Å². The summed E-state index contributed by atoms with van der Waals surface area (Å²) in [6.45, 7) is 0. The topological polar surface area (TPSA) is 60.4 Å². The molecule has 0 amide bonds. The highest BCUT2D eigenvalue weighted by Crippen LogP contribution is 2.10. The Labute approximate surface area is 83.5 Å². The molecular weight excluding hydrogens is 204 g/mol. The lowest BCUT2D eigenvalue weighted by atomic mass is 10.1. The van der Waals surface area contributed by atoms with Crippen molar-refractivity contribution in [3.05, 3.63) is 35.4 Å². The van der Waals surface area contributed by atoms with Gasteiger partial charge >= 0.3 is 5.97 Å². The van der Waals surface area contributed by atoms with Crippen molar-refractivity contribution in [3.63, 3.8) is 0 Å². The number of ether oxygens (including phenoxy) is 1. The largest absolute Gasteiger partial charge is 0.465 e. The minimum Gasteiger partial charge on any atom is -0.465 e. The molecule has 0 bridgehead atoms. The third-order valence-electron chi connectivity index (χ3n) is 1.72. The summed E-state index contributed by atoms with van der Waals surface area (Å²) in [5, 5.41) is 0. The second-order valence-corrected chi connectivity index (χ2v) is 3.62. The maximum atomic E-state index is 11.2. The molecule has 0 aliphatic heterocycles. The number of hydrogen-bond donors (Lipinski definition) is 1. The highest BCUT2D eigenvalue weighted by molar-refractivity contribution is 7.71. The molecule has 0 unspecified atom stereocenters. The molecule has 14 heavy (non-hydrogen) atoms. The van der Waals surface area contributed by atoms with Crippen LogP contribution in [0.3, 0.4) is 0 Å². The first-order chi connectivity index (χ1) is 6.65. The maximum Gasteiger partial charge on any atom is 0.338 e. The fourth-order valence-electron chi connectivity index (χ4n) is 1.11. The lowest BCUT2D eigenvalue weighted by molar-refractivity contribution is 0.0600. The molecule has 0 spiro atoms. The lowest BCUT2D eigenvalue weighted by Gasteiger charge is -2.03. The summed E-state index contributed by atoms with van der Waals surface area (Å²) >= 11 is 0. The fourth-order valence-corrected chi connectivity index (χ4v) is 1.66. The minimum absolute atomic E-state index is 0.138. The van der Waals surface area contributed by atoms with Gasteiger partial charge in [0.1, 0.15) is 10.7 Å². The van der Waals surface area contributed by atoms with E-state index in [1.54, 1.807) is 24.3 Å². The van der Waals surface area contributed by atoms with E-state index in [4.69, 9.17) is 0 Å². The summed E-state index contributed by atoms with van der Waals surface area (Å²) in [4.78, 5) is 11.2. The second-order valence-electron chi connectivity index (χ2n) is 2.64. The summed E-state index contributed by atoms with van der Waals surface area (Å²) in [5.74, 6) is -0.655. The van der Waals surface area contributed by atoms with E-state index in [9.17, 15) is 13.2 Å². The molecule has 0 saturated heterocycles. The highest BCUT2D eigenvalue weighted by atomic mass is 32.2. The molecular formula is C9H10O4S. The molecule has 0 N–H and O–H groups in total. The SMILES string of the molecule is COC(=O)c1ccccc1C[SH](=O)=O. The van der Waals surface area contributed by atoms with Gasteiger partial charge in [0, 0.05) is 0 Å². The van der Waals surface area contributed by atoms with E-state index in [2.05, 4.69) is 4.74 Å². The van der Waals surface area contributed by atoms with Crippen LogP contribution >= 0.6 is 0 Å². The standard InChI is InChI=1S/C9H10O4S/c1-13-9(10)8-5-3-2-4-7(8)6-14(11)12/h2-5,14H,6H2,1H3. The fraction of sp³-hybridized carbons (Fsp3) is 0.222. The van der Waals surface area contributed by atoms with Gasteiger partial charge in [-0.15, -0.1) is 0 Å². The molecule has 0 aliphatic carbocycles. The summed E-state index contributed by atoms with van der Waals surface area (Å²) in [5.41, 5.74) is 0.768. The third-order valence-corrected chi connectivity index (χ3v) is 2.32. The predicted octanol–water partition coefficient (Wildman–Crippen LogP) is 0.585. The number of methoxy groups -OCH3 is 1. The number of carbonyl (C=O) groups excluding carboxylic acids is 1. The predicted molar refractivity (Wildman–Crippen MR) is 51.8 cm³/mol. The average Bonchev–Trinajstić information content (AvgIpc) is 2.16. The second kappa shape index (κ2) is 4.76. The summed E-state index contributed by atoms with van der Waals surface area (Å²) < 4.78 is 25.6. The van der Waals surface area contributed by atoms with Crippen LogP contribution in [0.5, 0.6) is 0 Å². The van der Waals surface area contributed by atoms with E-state index < -0.39 is 16.7 Å². The van der Waals surface area contributed by atoms with Crippen molar-refractivity contribution in [3.8, 4) is 0 Å². The van der Waals surface area contributed by atoms with E-state index >= 15 is 0 Å². The summed E-state index contributed by atoms with van der Waals surface area (Å²) in [7, 11) is -1.27. The van der Waals surface area contributed by atoms with Gasteiger partial charge in [0.05, 0.1) is 18.4 Å². The highest BCUT2D eigenvalue weighted by Gasteiger charge is 2.10. The average molecular weight is 214 g/mol. The van der Waals surface area contributed by atoms with Gasteiger partial charge < -0.3 is 4.74 Å². The first kappa shape index (κ1) is 10.7. The van der Waals surface area contributed by atoms with Crippen LogP contribution in [0, 0.1) is 0 Å². The smallest absolute Gasteiger partial charge is 0.338 e. The molecule has 1 rings (SSSR count). The van der Waals surface area contributed by atoms with Gasteiger partial charge in [0.15, 0.2) is 0 Å². The van der Waals surface area contributed by atoms with Gasteiger partial charge in [-0.2, -0.15) is 0 Å². The number of rotatable bonds is 3. The number of thiol groups is 1. The van der Waals surface area contributed by atoms with Gasteiger partial charge in [0.25, 0.3) is 0 Å². The Kier molecular flexibility index (Phi) is 3.64. The van der Waals surface area contributed by atoms with Gasteiger partial charge in [0.2, 0.25) is 0 Å². The van der Waals surface area contributed by atoms with Crippen LogP contribution in [0.25, 0.3) is 0 Å². The molecule has 76 valence electrons. The van der Waals surface area contributed by atoms with Crippen LogP contribution in [0.4, 0.5) is 0 Å². The van der Waals surface area contributed by atoms with Crippen molar-refractivity contribution >= 4 is 16.7 Å². The number of hydrogen-bond acceptors (Lipinski definition) is 4. The molecule has 5 heteroatoms. The third kappa shape index (κ3) is 2.56. The molecule has 0 radical (unpaired) electrons. The Morgan fingerprint density at radius 1 is 1.36 bits per heavy atom. The first-order valence-electron chi connectivity index (χ1n) is 3.93. The molecule has 1 aromatic rings. The van der Waals surface area contributed by atoms with Gasteiger partial charge in [-0.1, -0.05) is 18.2 Å². The zero-order chi connectivity index (χ0) is 10.6. The molecule has 1 aromatic carbocycles. The van der Waals surface area contributed by atoms with Crippen LogP contribution in [0.1, 0.15) is 15.9 Å². The Morgan fingerprint density at radius 2 is 2.00 bits per heavy atom. The van der Waals surface area contributed by atoms with E-state index in [0.29, 0.717) is 11.1 Å². The van der Waals surface area contributed by atoms with Crippen molar-refractivity contribution < 1.29 is 17.9 Å².